The molecule has 3 heterocycles. The first-order valence-corrected chi connectivity index (χ1v) is 12.5. The number of benzene rings is 2. The molecule has 2 saturated heterocycles. The van der Waals surface area contributed by atoms with Gasteiger partial charge in [0.2, 0.25) is 5.91 Å². The number of aromatic nitrogens is 1. The number of morpholine rings is 1. The molecule has 0 atom stereocenters. The minimum Gasteiger partial charge on any atom is -0.379 e. The molecule has 0 N–H and O–H groups in total. The zero-order valence-corrected chi connectivity index (χ0v) is 19.7. The van der Waals surface area contributed by atoms with E-state index < -0.39 is 0 Å². The Bertz CT molecular complexity index is 1040. The fraction of sp³-hybridized carbons (Fsp3) is 0.385. The van der Waals surface area contributed by atoms with Crippen LogP contribution < -0.4 is 4.90 Å². The van der Waals surface area contributed by atoms with E-state index >= 15 is 0 Å². The summed E-state index contributed by atoms with van der Waals surface area (Å²) in [4.78, 5) is 24.3. The van der Waals surface area contributed by atoms with Gasteiger partial charge in [-0.15, -0.1) is 11.3 Å². The van der Waals surface area contributed by atoms with Crippen molar-refractivity contribution < 1.29 is 9.53 Å². The lowest BCUT2D eigenvalue weighted by molar-refractivity contribution is -0.130. The van der Waals surface area contributed by atoms with Crippen LogP contribution in [0.25, 0.3) is 10.6 Å². The highest BCUT2D eigenvalue weighted by molar-refractivity contribution is 7.13. The molecule has 6 nitrogen and oxygen atoms in total. The van der Waals surface area contributed by atoms with Crippen LogP contribution >= 0.6 is 11.3 Å². The molecule has 0 saturated carbocycles. The zero-order chi connectivity index (χ0) is 22.5. The normalized spacial score (nSPS) is 17.3. The van der Waals surface area contributed by atoms with Crippen molar-refractivity contribution in [3.63, 3.8) is 0 Å². The van der Waals surface area contributed by atoms with Gasteiger partial charge in [-0.1, -0.05) is 42.5 Å². The number of amides is 1. The molecule has 7 heteroatoms. The molecule has 0 aliphatic carbocycles. The van der Waals surface area contributed by atoms with Crippen molar-refractivity contribution in [2.24, 2.45) is 0 Å². The Kier molecular flexibility index (Phi) is 7.00. The Hall–Kier alpha value is -2.74. The first-order valence-electron chi connectivity index (χ1n) is 11.7. The molecule has 0 radical (unpaired) electrons. The average Bonchev–Trinajstić information content (AvgIpc) is 3.34. The van der Waals surface area contributed by atoms with Gasteiger partial charge in [-0.3, -0.25) is 9.69 Å². The second-order valence-electron chi connectivity index (χ2n) is 8.61. The first-order chi connectivity index (χ1) is 16.2. The molecule has 2 aromatic carbocycles. The number of carbonyl (C=O) groups excluding carboxylic acids is 1. The van der Waals surface area contributed by atoms with Crippen molar-refractivity contribution in [1.29, 1.82) is 0 Å². The average molecular weight is 463 g/mol. The lowest BCUT2D eigenvalue weighted by atomic mass is 10.1. The van der Waals surface area contributed by atoms with Crippen molar-refractivity contribution in [3.05, 3.63) is 71.2 Å². The third kappa shape index (κ3) is 5.61. The van der Waals surface area contributed by atoms with Gasteiger partial charge in [-0.2, -0.15) is 0 Å². The summed E-state index contributed by atoms with van der Waals surface area (Å²) >= 11 is 1.61. The van der Waals surface area contributed by atoms with E-state index in [0.717, 1.165) is 75.3 Å². The topological polar surface area (TPSA) is 48.9 Å². The number of piperazine rings is 1. The lowest BCUT2D eigenvalue weighted by Crippen LogP contribution is -2.49. The fourth-order valence-electron chi connectivity index (χ4n) is 4.41. The molecule has 0 spiro atoms. The van der Waals surface area contributed by atoms with Crippen molar-refractivity contribution in [3.8, 4) is 10.6 Å². The number of ether oxygens (including phenoxy) is 1. The molecule has 2 aliphatic heterocycles. The van der Waals surface area contributed by atoms with E-state index in [2.05, 4.69) is 58.3 Å². The van der Waals surface area contributed by atoms with Gasteiger partial charge in [0.05, 0.1) is 25.3 Å². The number of hydrogen-bond acceptors (Lipinski definition) is 6. The largest absolute Gasteiger partial charge is 0.379 e. The number of carbonyl (C=O) groups is 1. The van der Waals surface area contributed by atoms with Crippen LogP contribution in [0.4, 0.5) is 5.69 Å². The molecule has 2 fully saturated rings. The Balaban J connectivity index is 1.13. The fourth-order valence-corrected chi connectivity index (χ4v) is 5.24. The highest BCUT2D eigenvalue weighted by Gasteiger charge is 2.22. The van der Waals surface area contributed by atoms with Crippen LogP contribution in [0, 0.1) is 0 Å². The third-order valence-electron chi connectivity index (χ3n) is 6.35. The van der Waals surface area contributed by atoms with Gasteiger partial charge < -0.3 is 14.5 Å². The summed E-state index contributed by atoms with van der Waals surface area (Å²) in [6, 6.07) is 19.1. The van der Waals surface area contributed by atoms with Gasteiger partial charge in [0.15, 0.2) is 0 Å². The van der Waals surface area contributed by atoms with Crippen molar-refractivity contribution in [2.45, 2.75) is 13.0 Å². The molecule has 33 heavy (non-hydrogen) atoms. The van der Waals surface area contributed by atoms with Crippen molar-refractivity contribution in [1.82, 2.24) is 14.8 Å². The maximum absolute atomic E-state index is 12.8. The summed E-state index contributed by atoms with van der Waals surface area (Å²) in [6.45, 7) is 7.84. The van der Waals surface area contributed by atoms with Gasteiger partial charge in [0.1, 0.15) is 5.01 Å². The summed E-state index contributed by atoms with van der Waals surface area (Å²) in [5, 5.41) is 3.00. The third-order valence-corrected chi connectivity index (χ3v) is 7.29. The van der Waals surface area contributed by atoms with Gasteiger partial charge in [-0.05, 0) is 17.7 Å². The SMILES string of the molecule is O=C(Cc1csc(-c2ccc(CN3CCOCC3)cc2)n1)N1CCN(c2ccccc2)CC1. The molecule has 1 aromatic heterocycles. The predicted molar refractivity (Wildman–Crippen MR) is 133 cm³/mol. The maximum Gasteiger partial charge on any atom is 0.228 e. The van der Waals surface area contributed by atoms with Gasteiger partial charge in [0, 0.05) is 62.4 Å². The monoisotopic (exact) mass is 462 g/mol. The van der Waals surface area contributed by atoms with Crippen LogP contribution in [0.5, 0.6) is 0 Å². The van der Waals surface area contributed by atoms with Crippen LogP contribution in [0.2, 0.25) is 0 Å². The minimum atomic E-state index is 0.167. The predicted octanol–water partition coefficient (Wildman–Crippen LogP) is 3.53. The summed E-state index contributed by atoms with van der Waals surface area (Å²) < 4.78 is 5.43. The van der Waals surface area contributed by atoms with Crippen LogP contribution in [0.15, 0.2) is 60.0 Å². The molecule has 0 unspecified atom stereocenters. The molecule has 0 bridgehead atoms. The number of nitrogens with zero attached hydrogens (tertiary/aromatic N) is 4. The molecule has 172 valence electrons. The number of para-hydroxylation sites is 1. The molecule has 3 aromatic rings. The Morgan fingerprint density at radius 3 is 2.36 bits per heavy atom. The van der Waals surface area contributed by atoms with E-state index in [0.29, 0.717) is 6.42 Å². The van der Waals surface area contributed by atoms with Crippen LogP contribution in [-0.2, 0) is 22.5 Å². The number of hydrogen-bond donors (Lipinski definition) is 0. The summed E-state index contributed by atoms with van der Waals surface area (Å²) in [7, 11) is 0. The summed E-state index contributed by atoms with van der Waals surface area (Å²) in [5.41, 5.74) is 4.51. The summed E-state index contributed by atoms with van der Waals surface area (Å²) in [5.74, 6) is 0.167. The zero-order valence-electron chi connectivity index (χ0n) is 18.9. The van der Waals surface area contributed by atoms with Crippen LogP contribution in [0.1, 0.15) is 11.3 Å². The Morgan fingerprint density at radius 2 is 1.64 bits per heavy atom. The van der Waals surface area contributed by atoms with E-state index in [4.69, 9.17) is 9.72 Å². The molecular weight excluding hydrogens is 432 g/mol. The van der Waals surface area contributed by atoms with E-state index in [1.54, 1.807) is 11.3 Å². The number of thiazole rings is 1. The minimum absolute atomic E-state index is 0.167. The van der Waals surface area contributed by atoms with Crippen molar-refractivity contribution in [2.75, 3.05) is 57.4 Å². The van der Waals surface area contributed by atoms with E-state index in [1.165, 1.54) is 11.3 Å². The van der Waals surface area contributed by atoms with E-state index in [1.807, 2.05) is 16.3 Å². The molecule has 2 aliphatic rings. The van der Waals surface area contributed by atoms with Crippen LogP contribution in [-0.4, -0.2) is 73.2 Å². The lowest BCUT2D eigenvalue weighted by Gasteiger charge is -2.36. The Labute approximate surface area is 199 Å². The summed E-state index contributed by atoms with van der Waals surface area (Å²) in [6.07, 6.45) is 0.372. The second kappa shape index (κ2) is 10.5. The number of rotatable bonds is 6. The Morgan fingerprint density at radius 1 is 0.909 bits per heavy atom. The van der Waals surface area contributed by atoms with Gasteiger partial charge in [0.25, 0.3) is 0 Å². The van der Waals surface area contributed by atoms with Gasteiger partial charge in [-0.25, -0.2) is 4.98 Å². The van der Waals surface area contributed by atoms with Crippen molar-refractivity contribution >= 4 is 22.9 Å². The molecule has 5 rings (SSSR count). The van der Waals surface area contributed by atoms with Gasteiger partial charge >= 0.3 is 0 Å². The van der Waals surface area contributed by atoms with E-state index in [-0.39, 0.29) is 5.91 Å². The number of anilines is 1. The first kappa shape index (κ1) is 22.1. The second-order valence-corrected chi connectivity index (χ2v) is 9.47. The highest BCUT2D eigenvalue weighted by Crippen LogP contribution is 2.25. The molecule has 1 amide bonds. The van der Waals surface area contributed by atoms with Crippen LogP contribution in [0.3, 0.4) is 0 Å². The smallest absolute Gasteiger partial charge is 0.228 e. The molecular formula is C26H30N4O2S. The van der Waals surface area contributed by atoms with E-state index in [9.17, 15) is 4.79 Å². The standard InChI is InChI=1S/C26H30N4O2S/c31-25(30-12-10-29(11-13-30)24-4-2-1-3-5-24)18-23-20-33-26(27-23)22-8-6-21(7-9-22)19-28-14-16-32-17-15-28/h1-9,20H,10-19H2. The quantitative estimate of drug-likeness (QED) is 0.561. The highest BCUT2D eigenvalue weighted by atomic mass is 32.1. The maximum atomic E-state index is 12.8.